The van der Waals surface area contributed by atoms with E-state index < -0.39 is 0 Å². The summed E-state index contributed by atoms with van der Waals surface area (Å²) < 4.78 is 10.4. The average molecular weight is 257 g/mol. The van der Waals surface area contributed by atoms with Gasteiger partial charge in [-0.25, -0.2) is 0 Å². The zero-order valence-corrected chi connectivity index (χ0v) is 12.4. The molecule has 0 aliphatic heterocycles. The van der Waals surface area contributed by atoms with Crippen molar-refractivity contribution in [2.24, 2.45) is 11.8 Å². The second-order valence-electron chi connectivity index (χ2n) is 5.71. The highest BCUT2D eigenvalue weighted by Gasteiger charge is 2.26. The fourth-order valence-corrected chi connectivity index (χ4v) is 2.92. The monoisotopic (exact) mass is 257 g/mol. The van der Waals surface area contributed by atoms with Gasteiger partial charge in [0.25, 0.3) is 0 Å². The summed E-state index contributed by atoms with van der Waals surface area (Å²) in [4.78, 5) is 0. The van der Waals surface area contributed by atoms with E-state index in [4.69, 9.17) is 9.47 Å². The zero-order valence-electron chi connectivity index (χ0n) is 12.4. The van der Waals surface area contributed by atoms with Crippen molar-refractivity contribution >= 4 is 0 Å². The molecule has 0 aromatic carbocycles. The Morgan fingerprint density at radius 1 is 1.11 bits per heavy atom. The van der Waals surface area contributed by atoms with Crippen LogP contribution in [-0.4, -0.2) is 39.5 Å². The summed E-state index contributed by atoms with van der Waals surface area (Å²) >= 11 is 0. The third-order valence-corrected chi connectivity index (χ3v) is 3.98. The fraction of sp³-hybridized carbons (Fsp3) is 1.00. The van der Waals surface area contributed by atoms with Crippen LogP contribution in [0.1, 0.15) is 46.0 Å². The minimum Gasteiger partial charge on any atom is -0.382 e. The molecule has 0 amide bonds. The predicted molar refractivity (Wildman–Crippen MR) is 75.9 cm³/mol. The number of hydrogen-bond acceptors (Lipinski definition) is 3. The van der Waals surface area contributed by atoms with Gasteiger partial charge >= 0.3 is 0 Å². The van der Waals surface area contributed by atoms with Gasteiger partial charge in [0, 0.05) is 19.8 Å². The van der Waals surface area contributed by atoms with E-state index in [0.717, 1.165) is 37.5 Å². The lowest BCUT2D eigenvalue weighted by atomic mass is 9.78. The van der Waals surface area contributed by atoms with Crippen molar-refractivity contribution in [3.8, 4) is 0 Å². The van der Waals surface area contributed by atoms with Crippen LogP contribution in [-0.2, 0) is 9.47 Å². The summed E-state index contributed by atoms with van der Waals surface area (Å²) in [5, 5.41) is 3.73. The molecular weight excluding hydrogens is 226 g/mol. The highest BCUT2D eigenvalue weighted by Crippen LogP contribution is 2.30. The molecule has 1 rings (SSSR count). The van der Waals surface area contributed by atoms with Gasteiger partial charge in [-0.2, -0.15) is 0 Å². The first kappa shape index (κ1) is 15.9. The second kappa shape index (κ2) is 9.76. The topological polar surface area (TPSA) is 30.5 Å². The van der Waals surface area contributed by atoms with Crippen molar-refractivity contribution in [2.75, 3.05) is 33.5 Å². The minimum atomic E-state index is 0.700. The molecular formula is C15H31NO2. The van der Waals surface area contributed by atoms with E-state index in [0.29, 0.717) is 13.2 Å². The average Bonchev–Trinajstić information content (AvgIpc) is 2.38. The molecule has 0 heterocycles. The van der Waals surface area contributed by atoms with E-state index in [1.807, 2.05) is 0 Å². The van der Waals surface area contributed by atoms with Crippen LogP contribution in [0.3, 0.4) is 0 Å². The highest BCUT2D eigenvalue weighted by molar-refractivity contribution is 4.82. The molecule has 2 unspecified atom stereocenters. The van der Waals surface area contributed by atoms with E-state index in [-0.39, 0.29) is 0 Å². The van der Waals surface area contributed by atoms with Crippen LogP contribution in [0, 0.1) is 11.8 Å². The first-order valence-electron chi connectivity index (χ1n) is 7.55. The first-order valence-corrected chi connectivity index (χ1v) is 7.55. The normalized spacial score (nSPS) is 24.7. The van der Waals surface area contributed by atoms with E-state index in [2.05, 4.69) is 19.2 Å². The van der Waals surface area contributed by atoms with Crippen LogP contribution >= 0.6 is 0 Å². The third-order valence-electron chi connectivity index (χ3n) is 3.98. The van der Waals surface area contributed by atoms with Crippen molar-refractivity contribution in [1.82, 2.24) is 5.32 Å². The molecule has 1 aliphatic rings. The molecule has 0 radical (unpaired) electrons. The van der Waals surface area contributed by atoms with Gasteiger partial charge in [0.15, 0.2) is 0 Å². The molecule has 1 N–H and O–H groups in total. The van der Waals surface area contributed by atoms with Gasteiger partial charge < -0.3 is 14.8 Å². The van der Waals surface area contributed by atoms with Gasteiger partial charge in [-0.1, -0.05) is 26.7 Å². The molecule has 3 heteroatoms. The Kier molecular flexibility index (Phi) is 8.64. The molecule has 3 nitrogen and oxygen atoms in total. The maximum Gasteiger partial charge on any atom is 0.0700 e. The van der Waals surface area contributed by atoms with Gasteiger partial charge in [-0.05, 0) is 37.6 Å². The Hall–Kier alpha value is -0.120. The molecule has 108 valence electrons. The van der Waals surface area contributed by atoms with E-state index >= 15 is 0 Å². The largest absolute Gasteiger partial charge is 0.382 e. The van der Waals surface area contributed by atoms with Crippen molar-refractivity contribution in [2.45, 2.75) is 52.0 Å². The van der Waals surface area contributed by atoms with Crippen LogP contribution in [0.15, 0.2) is 0 Å². The maximum absolute atomic E-state index is 5.47. The highest BCUT2D eigenvalue weighted by atomic mass is 16.5. The molecule has 1 saturated carbocycles. The van der Waals surface area contributed by atoms with Gasteiger partial charge in [0.05, 0.1) is 13.2 Å². The van der Waals surface area contributed by atoms with Crippen molar-refractivity contribution in [3.05, 3.63) is 0 Å². The number of ether oxygens (including phenoxy) is 2. The van der Waals surface area contributed by atoms with Gasteiger partial charge in [-0.3, -0.25) is 0 Å². The van der Waals surface area contributed by atoms with E-state index in [1.54, 1.807) is 7.11 Å². The van der Waals surface area contributed by atoms with Crippen molar-refractivity contribution in [3.63, 3.8) is 0 Å². The quantitative estimate of drug-likeness (QED) is 0.644. The Balaban J connectivity index is 2.06. The number of methoxy groups -OCH3 is 1. The van der Waals surface area contributed by atoms with Gasteiger partial charge in [-0.15, -0.1) is 0 Å². The van der Waals surface area contributed by atoms with Crippen LogP contribution < -0.4 is 5.32 Å². The lowest BCUT2D eigenvalue weighted by Gasteiger charge is -2.35. The third kappa shape index (κ3) is 6.17. The minimum absolute atomic E-state index is 0.700. The Morgan fingerprint density at radius 2 is 1.89 bits per heavy atom. The zero-order chi connectivity index (χ0) is 13.2. The van der Waals surface area contributed by atoms with Crippen molar-refractivity contribution in [1.29, 1.82) is 0 Å². The van der Waals surface area contributed by atoms with Crippen LogP contribution in [0.5, 0.6) is 0 Å². The van der Waals surface area contributed by atoms with Crippen LogP contribution in [0.2, 0.25) is 0 Å². The second-order valence-corrected chi connectivity index (χ2v) is 5.71. The molecule has 18 heavy (non-hydrogen) atoms. The SMILES string of the molecule is COCCOCCCNC1CCCCC1C(C)C. The fourth-order valence-electron chi connectivity index (χ4n) is 2.92. The first-order chi connectivity index (χ1) is 8.75. The van der Waals surface area contributed by atoms with Crippen molar-refractivity contribution < 1.29 is 9.47 Å². The smallest absolute Gasteiger partial charge is 0.0700 e. The van der Waals surface area contributed by atoms with Crippen LogP contribution in [0.25, 0.3) is 0 Å². The number of nitrogens with one attached hydrogen (secondary N) is 1. The number of rotatable bonds is 9. The summed E-state index contributed by atoms with van der Waals surface area (Å²) in [6.45, 7) is 8.06. The summed E-state index contributed by atoms with van der Waals surface area (Å²) in [5.41, 5.74) is 0. The van der Waals surface area contributed by atoms with E-state index in [9.17, 15) is 0 Å². The Morgan fingerprint density at radius 3 is 2.61 bits per heavy atom. The van der Waals surface area contributed by atoms with Crippen LogP contribution in [0.4, 0.5) is 0 Å². The molecule has 0 saturated heterocycles. The van der Waals surface area contributed by atoms with Gasteiger partial charge in [0.2, 0.25) is 0 Å². The lowest BCUT2D eigenvalue weighted by molar-refractivity contribution is 0.0685. The molecule has 2 atom stereocenters. The molecule has 1 aliphatic carbocycles. The Labute approximate surface area is 113 Å². The molecule has 1 fully saturated rings. The summed E-state index contributed by atoms with van der Waals surface area (Å²) in [5.74, 6) is 1.67. The standard InChI is InChI=1S/C15H31NO2/c1-13(2)14-7-4-5-8-15(14)16-9-6-10-18-12-11-17-3/h13-16H,4-12H2,1-3H3. The van der Waals surface area contributed by atoms with Gasteiger partial charge in [0.1, 0.15) is 0 Å². The summed E-state index contributed by atoms with van der Waals surface area (Å²) in [6.07, 6.45) is 6.67. The van der Waals surface area contributed by atoms with E-state index in [1.165, 1.54) is 25.7 Å². The lowest BCUT2D eigenvalue weighted by Crippen LogP contribution is -2.41. The maximum atomic E-state index is 5.47. The molecule has 0 aromatic rings. The number of hydrogen-bond donors (Lipinski definition) is 1. The summed E-state index contributed by atoms with van der Waals surface area (Å²) in [7, 11) is 1.71. The summed E-state index contributed by atoms with van der Waals surface area (Å²) in [6, 6.07) is 0.734. The molecule has 0 bridgehead atoms. The predicted octanol–water partition coefficient (Wildman–Crippen LogP) is 2.84. The Bertz CT molecular complexity index is 197. The molecule has 0 spiro atoms. The molecule has 0 aromatic heterocycles.